The van der Waals surface area contributed by atoms with E-state index in [1.807, 2.05) is 16.7 Å². The molecule has 30 heavy (non-hydrogen) atoms. The van der Waals surface area contributed by atoms with Gasteiger partial charge in [-0.05, 0) is 102 Å². The van der Waals surface area contributed by atoms with Crippen molar-refractivity contribution >= 4 is 0 Å². The fourth-order valence-corrected chi connectivity index (χ4v) is 9.79. The van der Waals surface area contributed by atoms with Crippen molar-refractivity contribution in [2.45, 2.75) is 125 Å². The van der Waals surface area contributed by atoms with Gasteiger partial charge in [0.25, 0.3) is 0 Å². The standard InChI is InChI=1S/C30H48/c1-21(20-22-10-7-6-8-11-22)24-13-14-25-23-12-15-27-28(2,3)17-9-18-30(27,5)26(23)16-19-29(24,25)4/h14,21-22,24,27H,6-13,15-20H2,1-5H3/t21?,24-,27+,29-,30-/m1/s1. The zero-order valence-electron chi connectivity index (χ0n) is 20.8. The summed E-state index contributed by atoms with van der Waals surface area (Å²) >= 11 is 0. The van der Waals surface area contributed by atoms with Crippen LogP contribution in [0.5, 0.6) is 0 Å². The quantitative estimate of drug-likeness (QED) is 0.436. The third-order valence-electron chi connectivity index (χ3n) is 11.3. The Hall–Kier alpha value is -0.520. The highest BCUT2D eigenvalue weighted by atomic mass is 14.6. The van der Waals surface area contributed by atoms with Gasteiger partial charge in [-0.3, -0.25) is 0 Å². The van der Waals surface area contributed by atoms with Crippen LogP contribution in [0.3, 0.4) is 0 Å². The molecule has 0 spiro atoms. The van der Waals surface area contributed by atoms with E-state index in [-0.39, 0.29) is 0 Å². The highest BCUT2D eigenvalue weighted by Gasteiger charge is 2.55. The van der Waals surface area contributed by atoms with Gasteiger partial charge in [0.15, 0.2) is 0 Å². The maximum absolute atomic E-state index is 2.74. The average molecular weight is 409 g/mol. The summed E-state index contributed by atoms with van der Waals surface area (Å²) in [4.78, 5) is 0. The van der Waals surface area contributed by atoms with Crippen LogP contribution in [0.15, 0.2) is 22.8 Å². The van der Waals surface area contributed by atoms with Gasteiger partial charge in [-0.15, -0.1) is 0 Å². The molecule has 2 fully saturated rings. The zero-order valence-corrected chi connectivity index (χ0v) is 20.8. The zero-order chi connectivity index (χ0) is 21.1. The van der Waals surface area contributed by atoms with Gasteiger partial charge in [0, 0.05) is 0 Å². The molecule has 5 rings (SSSR count). The second kappa shape index (κ2) is 7.52. The minimum absolute atomic E-state index is 0.473. The lowest BCUT2D eigenvalue weighted by molar-refractivity contribution is 0.00576. The Morgan fingerprint density at radius 1 is 0.867 bits per heavy atom. The number of hydrogen-bond acceptors (Lipinski definition) is 0. The minimum atomic E-state index is 0.473. The summed E-state index contributed by atoms with van der Waals surface area (Å²) in [6.07, 6.45) is 23.1. The summed E-state index contributed by atoms with van der Waals surface area (Å²) in [7, 11) is 0. The summed E-state index contributed by atoms with van der Waals surface area (Å²) in [5.41, 5.74) is 7.13. The summed E-state index contributed by atoms with van der Waals surface area (Å²) in [5, 5.41) is 0. The number of hydrogen-bond donors (Lipinski definition) is 0. The molecule has 0 aromatic rings. The lowest BCUT2D eigenvalue weighted by atomic mass is 9.47. The minimum Gasteiger partial charge on any atom is -0.0802 e. The van der Waals surface area contributed by atoms with E-state index in [2.05, 4.69) is 40.7 Å². The highest BCUT2D eigenvalue weighted by Crippen LogP contribution is 2.66. The lowest BCUT2D eigenvalue weighted by Gasteiger charge is -2.58. The molecular formula is C30H48. The van der Waals surface area contributed by atoms with E-state index in [1.54, 1.807) is 0 Å². The Kier molecular flexibility index (Phi) is 5.35. The van der Waals surface area contributed by atoms with Crippen molar-refractivity contribution in [1.29, 1.82) is 0 Å². The van der Waals surface area contributed by atoms with Crippen LogP contribution in [-0.2, 0) is 0 Å². The molecule has 1 unspecified atom stereocenters. The van der Waals surface area contributed by atoms with Crippen LogP contribution in [0.4, 0.5) is 0 Å². The Balaban J connectivity index is 1.39. The Labute approximate surface area is 187 Å². The van der Waals surface area contributed by atoms with Crippen molar-refractivity contribution in [3.8, 4) is 0 Å². The second-order valence-electron chi connectivity index (χ2n) is 13.4. The summed E-state index contributed by atoms with van der Waals surface area (Å²) in [6, 6.07) is 0. The monoisotopic (exact) mass is 408 g/mol. The lowest BCUT2D eigenvalue weighted by Crippen LogP contribution is -2.47. The van der Waals surface area contributed by atoms with Crippen molar-refractivity contribution in [3.05, 3.63) is 22.8 Å². The summed E-state index contributed by atoms with van der Waals surface area (Å²) in [6.45, 7) is 13.1. The van der Waals surface area contributed by atoms with E-state index in [1.165, 1.54) is 89.9 Å². The van der Waals surface area contributed by atoms with Crippen molar-refractivity contribution in [3.63, 3.8) is 0 Å². The smallest absolute Gasteiger partial charge is 0.00389 e. The molecule has 168 valence electrons. The van der Waals surface area contributed by atoms with Crippen LogP contribution < -0.4 is 0 Å². The third-order valence-corrected chi connectivity index (χ3v) is 11.3. The molecule has 0 heterocycles. The van der Waals surface area contributed by atoms with E-state index in [0.29, 0.717) is 16.2 Å². The van der Waals surface area contributed by atoms with Gasteiger partial charge in [0.1, 0.15) is 0 Å². The fourth-order valence-electron chi connectivity index (χ4n) is 9.79. The van der Waals surface area contributed by atoms with Gasteiger partial charge in [-0.2, -0.15) is 0 Å². The Morgan fingerprint density at radius 2 is 1.63 bits per heavy atom. The van der Waals surface area contributed by atoms with Gasteiger partial charge < -0.3 is 0 Å². The molecule has 0 bridgehead atoms. The topological polar surface area (TPSA) is 0 Å². The number of allylic oxidation sites excluding steroid dienone is 4. The fraction of sp³-hybridized carbons (Fsp3) is 0.867. The van der Waals surface area contributed by atoms with Crippen LogP contribution in [-0.4, -0.2) is 0 Å². The van der Waals surface area contributed by atoms with Gasteiger partial charge in [0.2, 0.25) is 0 Å². The first-order chi connectivity index (χ1) is 14.3. The Bertz CT molecular complexity index is 729. The first-order valence-corrected chi connectivity index (χ1v) is 13.7. The van der Waals surface area contributed by atoms with Crippen LogP contribution >= 0.6 is 0 Å². The first-order valence-electron chi connectivity index (χ1n) is 13.7. The van der Waals surface area contributed by atoms with Crippen molar-refractivity contribution in [2.24, 2.45) is 39.9 Å². The van der Waals surface area contributed by atoms with Crippen LogP contribution in [0.2, 0.25) is 0 Å². The number of fused-ring (bicyclic) bond motifs is 4. The molecule has 0 heteroatoms. The maximum Gasteiger partial charge on any atom is -0.00389 e. The average Bonchev–Trinajstić information content (AvgIpc) is 3.05. The van der Waals surface area contributed by atoms with Gasteiger partial charge in [-0.1, -0.05) is 84.8 Å². The van der Waals surface area contributed by atoms with Gasteiger partial charge in [-0.25, -0.2) is 0 Å². The van der Waals surface area contributed by atoms with Crippen LogP contribution in [0.1, 0.15) is 125 Å². The number of rotatable bonds is 3. The molecule has 2 saturated carbocycles. The molecular weight excluding hydrogens is 360 g/mol. The molecule has 5 atom stereocenters. The van der Waals surface area contributed by atoms with E-state index < -0.39 is 0 Å². The summed E-state index contributed by atoms with van der Waals surface area (Å²) < 4.78 is 0. The SMILES string of the molecule is CC(CC1CCCCC1)[C@H]1CC=C2C3=C(CC[C@@]21C)[C@@]1(C)CCCC(C)(C)[C@@H]1CC3. The molecule has 0 saturated heterocycles. The first kappa shape index (κ1) is 21.3. The molecule has 0 aromatic heterocycles. The third kappa shape index (κ3) is 3.21. The van der Waals surface area contributed by atoms with Crippen molar-refractivity contribution in [1.82, 2.24) is 0 Å². The highest BCUT2D eigenvalue weighted by molar-refractivity contribution is 5.49. The van der Waals surface area contributed by atoms with Crippen molar-refractivity contribution < 1.29 is 0 Å². The second-order valence-corrected chi connectivity index (χ2v) is 13.4. The summed E-state index contributed by atoms with van der Waals surface area (Å²) in [5.74, 6) is 3.73. The van der Waals surface area contributed by atoms with Gasteiger partial charge in [0.05, 0.1) is 0 Å². The molecule has 5 aliphatic carbocycles. The predicted octanol–water partition coefficient (Wildman–Crippen LogP) is 9.26. The molecule has 0 aromatic carbocycles. The van der Waals surface area contributed by atoms with E-state index in [4.69, 9.17) is 0 Å². The normalized spacial score (nSPS) is 42.2. The molecule has 0 amide bonds. The maximum atomic E-state index is 2.74. The Morgan fingerprint density at radius 3 is 2.40 bits per heavy atom. The van der Waals surface area contributed by atoms with Crippen LogP contribution in [0, 0.1) is 39.9 Å². The van der Waals surface area contributed by atoms with E-state index in [0.717, 1.165) is 23.7 Å². The van der Waals surface area contributed by atoms with Crippen LogP contribution in [0.25, 0.3) is 0 Å². The predicted molar refractivity (Wildman–Crippen MR) is 129 cm³/mol. The largest absolute Gasteiger partial charge is 0.0802 e. The van der Waals surface area contributed by atoms with Gasteiger partial charge >= 0.3 is 0 Å². The molecule has 0 radical (unpaired) electrons. The molecule has 5 aliphatic rings. The van der Waals surface area contributed by atoms with Crippen molar-refractivity contribution in [2.75, 3.05) is 0 Å². The van der Waals surface area contributed by atoms with E-state index in [9.17, 15) is 0 Å². The molecule has 0 N–H and O–H groups in total. The van der Waals surface area contributed by atoms with E-state index >= 15 is 0 Å². The molecule has 0 aliphatic heterocycles. The molecule has 0 nitrogen and oxygen atoms in total.